The van der Waals surface area contributed by atoms with Crippen LogP contribution in [0.15, 0.2) is 5.16 Å². The Hall–Kier alpha value is -1.26. The number of amidine groups is 1. The van der Waals surface area contributed by atoms with Gasteiger partial charge < -0.3 is 15.8 Å². The van der Waals surface area contributed by atoms with Crippen molar-refractivity contribution in [2.45, 2.75) is 65.8 Å². The van der Waals surface area contributed by atoms with Gasteiger partial charge in [-0.05, 0) is 26.7 Å². The molecule has 0 spiro atoms. The summed E-state index contributed by atoms with van der Waals surface area (Å²) in [4.78, 5) is 14.4. The Morgan fingerprint density at radius 3 is 2.32 bits per heavy atom. The molecule has 19 heavy (non-hydrogen) atoms. The smallest absolute Gasteiger partial charge is 0.233 e. The third-order valence-corrected chi connectivity index (χ3v) is 3.26. The molecule has 1 amide bonds. The van der Waals surface area contributed by atoms with Gasteiger partial charge in [-0.2, -0.15) is 0 Å². The van der Waals surface area contributed by atoms with Gasteiger partial charge in [0.05, 0.1) is 5.92 Å². The van der Waals surface area contributed by atoms with E-state index >= 15 is 0 Å². The van der Waals surface area contributed by atoms with Gasteiger partial charge in [0.1, 0.15) is 0 Å². The van der Waals surface area contributed by atoms with Crippen LogP contribution in [0, 0.1) is 5.92 Å². The Morgan fingerprint density at radius 2 is 1.89 bits per heavy atom. The molecule has 0 aliphatic carbocycles. The number of oxime groups is 1. The number of hydrogen-bond donors (Lipinski definition) is 2. The summed E-state index contributed by atoms with van der Waals surface area (Å²) in [6.07, 6.45) is 4.67. The Balaban J connectivity index is 4.82. The van der Waals surface area contributed by atoms with Gasteiger partial charge in [-0.3, -0.25) is 4.79 Å². The Kier molecular flexibility index (Phi) is 9.00. The maximum Gasteiger partial charge on any atom is 0.233 e. The molecule has 0 heterocycles. The Bertz CT molecular complexity index is 290. The molecule has 5 heteroatoms. The van der Waals surface area contributed by atoms with Gasteiger partial charge in [-0.25, -0.2) is 0 Å². The highest BCUT2D eigenvalue weighted by Gasteiger charge is 2.28. The minimum Gasteiger partial charge on any atom is -0.409 e. The zero-order valence-electron chi connectivity index (χ0n) is 12.7. The van der Waals surface area contributed by atoms with E-state index in [1.165, 1.54) is 0 Å². The van der Waals surface area contributed by atoms with E-state index in [1.54, 1.807) is 0 Å². The molecule has 0 rings (SSSR count). The van der Waals surface area contributed by atoms with Gasteiger partial charge >= 0.3 is 0 Å². The standard InChI is InChI=1S/C14H29N3O2/c1-5-7-8-10-17(11(3)4)14(18)12(9-6-2)13(15)16-19/h11-12,19H,5-10H2,1-4H3,(H2,15,16). The minimum atomic E-state index is -0.501. The highest BCUT2D eigenvalue weighted by atomic mass is 16.4. The maximum atomic E-state index is 12.5. The molecule has 0 aromatic rings. The third kappa shape index (κ3) is 5.94. The molecule has 0 fully saturated rings. The first-order valence-corrected chi connectivity index (χ1v) is 7.27. The van der Waals surface area contributed by atoms with Crippen molar-refractivity contribution in [1.29, 1.82) is 0 Å². The van der Waals surface area contributed by atoms with Crippen LogP contribution in [0.25, 0.3) is 0 Å². The average Bonchev–Trinajstić information content (AvgIpc) is 2.39. The molecule has 1 atom stereocenters. The first-order chi connectivity index (χ1) is 8.99. The molecule has 112 valence electrons. The van der Waals surface area contributed by atoms with Crippen molar-refractivity contribution in [3.05, 3.63) is 0 Å². The second-order valence-electron chi connectivity index (χ2n) is 5.20. The van der Waals surface area contributed by atoms with Gasteiger partial charge in [0.25, 0.3) is 0 Å². The fraction of sp³-hybridized carbons (Fsp3) is 0.857. The van der Waals surface area contributed by atoms with Gasteiger partial charge in [0, 0.05) is 12.6 Å². The summed E-state index contributed by atoms with van der Waals surface area (Å²) in [5, 5.41) is 11.8. The van der Waals surface area contributed by atoms with Crippen LogP contribution in [-0.4, -0.2) is 34.4 Å². The predicted octanol–water partition coefficient (Wildman–Crippen LogP) is 2.58. The maximum absolute atomic E-state index is 12.5. The normalized spacial score (nSPS) is 13.6. The van der Waals surface area contributed by atoms with Crippen LogP contribution in [0.2, 0.25) is 0 Å². The van der Waals surface area contributed by atoms with Crippen LogP contribution in [0.5, 0.6) is 0 Å². The fourth-order valence-electron chi connectivity index (χ4n) is 2.11. The van der Waals surface area contributed by atoms with E-state index in [1.807, 2.05) is 25.7 Å². The minimum absolute atomic E-state index is 0.0213. The van der Waals surface area contributed by atoms with Gasteiger partial charge in [-0.15, -0.1) is 0 Å². The number of amides is 1. The number of nitrogens with two attached hydrogens (primary N) is 1. The molecular formula is C14H29N3O2. The molecule has 1 unspecified atom stereocenters. The van der Waals surface area contributed by atoms with E-state index in [-0.39, 0.29) is 17.8 Å². The molecule has 3 N–H and O–H groups in total. The van der Waals surface area contributed by atoms with E-state index in [4.69, 9.17) is 10.9 Å². The second-order valence-corrected chi connectivity index (χ2v) is 5.20. The molecular weight excluding hydrogens is 242 g/mol. The molecule has 5 nitrogen and oxygen atoms in total. The van der Waals surface area contributed by atoms with Gasteiger partial charge in [0.2, 0.25) is 5.91 Å². The number of nitrogens with zero attached hydrogens (tertiary/aromatic N) is 2. The molecule has 0 bridgehead atoms. The first-order valence-electron chi connectivity index (χ1n) is 7.27. The van der Waals surface area contributed by atoms with E-state index in [0.29, 0.717) is 6.42 Å². The van der Waals surface area contributed by atoms with Crippen LogP contribution in [-0.2, 0) is 4.79 Å². The van der Waals surface area contributed by atoms with Crippen molar-refractivity contribution in [2.24, 2.45) is 16.8 Å². The SMILES string of the molecule is CCCCCN(C(=O)C(CCC)C(N)=NO)C(C)C. The summed E-state index contributed by atoms with van der Waals surface area (Å²) in [6.45, 7) is 8.86. The van der Waals surface area contributed by atoms with Crippen LogP contribution < -0.4 is 5.73 Å². The highest BCUT2D eigenvalue weighted by Crippen LogP contribution is 2.14. The van der Waals surface area contributed by atoms with E-state index in [0.717, 1.165) is 32.2 Å². The van der Waals surface area contributed by atoms with Gasteiger partial charge in [0.15, 0.2) is 5.84 Å². The lowest BCUT2D eigenvalue weighted by atomic mass is 9.99. The van der Waals surface area contributed by atoms with E-state index in [9.17, 15) is 4.79 Å². The summed E-state index contributed by atoms with van der Waals surface area (Å²) in [5.41, 5.74) is 5.65. The van der Waals surface area contributed by atoms with Crippen LogP contribution >= 0.6 is 0 Å². The quantitative estimate of drug-likeness (QED) is 0.222. The van der Waals surface area contributed by atoms with Crippen molar-refractivity contribution >= 4 is 11.7 Å². The summed E-state index contributed by atoms with van der Waals surface area (Å²) in [7, 11) is 0. The molecule has 0 aromatic carbocycles. The second kappa shape index (κ2) is 9.64. The lowest BCUT2D eigenvalue weighted by Gasteiger charge is -2.30. The summed E-state index contributed by atoms with van der Waals surface area (Å²) in [6, 6.07) is 0.134. The molecule has 0 aliphatic rings. The monoisotopic (exact) mass is 271 g/mol. The van der Waals surface area contributed by atoms with E-state index < -0.39 is 5.92 Å². The zero-order valence-corrected chi connectivity index (χ0v) is 12.7. The Labute approximate surface area is 116 Å². The summed E-state index contributed by atoms with van der Waals surface area (Å²) < 4.78 is 0. The van der Waals surface area contributed by atoms with Crippen molar-refractivity contribution in [2.75, 3.05) is 6.54 Å². The Morgan fingerprint density at radius 1 is 1.26 bits per heavy atom. The average molecular weight is 271 g/mol. The molecule has 0 radical (unpaired) electrons. The first kappa shape index (κ1) is 17.7. The molecule has 0 saturated carbocycles. The summed E-state index contributed by atoms with van der Waals surface area (Å²) in [5.74, 6) is -0.504. The molecule has 0 aliphatic heterocycles. The number of unbranched alkanes of at least 4 members (excludes halogenated alkanes) is 2. The van der Waals surface area contributed by atoms with E-state index in [2.05, 4.69) is 12.1 Å². The lowest BCUT2D eigenvalue weighted by molar-refractivity contribution is -0.135. The zero-order chi connectivity index (χ0) is 14.8. The number of rotatable bonds is 9. The highest BCUT2D eigenvalue weighted by molar-refractivity contribution is 6.02. The third-order valence-electron chi connectivity index (χ3n) is 3.26. The fourth-order valence-corrected chi connectivity index (χ4v) is 2.11. The van der Waals surface area contributed by atoms with Crippen molar-refractivity contribution in [3.63, 3.8) is 0 Å². The molecule has 0 aromatic heterocycles. The topological polar surface area (TPSA) is 78.9 Å². The summed E-state index contributed by atoms with van der Waals surface area (Å²) >= 11 is 0. The largest absolute Gasteiger partial charge is 0.409 e. The van der Waals surface area contributed by atoms with Crippen LogP contribution in [0.1, 0.15) is 59.8 Å². The number of carbonyl (C=O) groups excluding carboxylic acids is 1. The van der Waals surface area contributed by atoms with Crippen molar-refractivity contribution < 1.29 is 10.0 Å². The number of hydrogen-bond acceptors (Lipinski definition) is 3. The predicted molar refractivity (Wildman–Crippen MR) is 78.2 cm³/mol. The van der Waals surface area contributed by atoms with Crippen LogP contribution in [0.4, 0.5) is 0 Å². The van der Waals surface area contributed by atoms with Crippen molar-refractivity contribution in [1.82, 2.24) is 4.90 Å². The lowest BCUT2D eigenvalue weighted by Crippen LogP contribution is -2.45. The number of carbonyl (C=O) groups is 1. The van der Waals surface area contributed by atoms with Crippen LogP contribution in [0.3, 0.4) is 0 Å². The van der Waals surface area contributed by atoms with Gasteiger partial charge in [-0.1, -0.05) is 38.3 Å². The molecule has 0 saturated heterocycles. The van der Waals surface area contributed by atoms with Crippen molar-refractivity contribution in [3.8, 4) is 0 Å².